The van der Waals surface area contributed by atoms with Crippen LogP contribution < -0.4 is 5.73 Å². The van der Waals surface area contributed by atoms with Gasteiger partial charge in [0.05, 0.1) is 0 Å². The molecule has 2 amide bonds. The van der Waals surface area contributed by atoms with Crippen molar-refractivity contribution in [1.82, 2.24) is 0 Å². The fraction of sp³-hybridized carbons (Fsp3) is 0.0625. The first-order valence-electron chi connectivity index (χ1n) is 6.24. The molecule has 4 nitrogen and oxygen atoms in total. The molecular formula is C16H12N2O2. The molecule has 0 radical (unpaired) electrons. The zero-order valence-electron chi connectivity index (χ0n) is 10.6. The summed E-state index contributed by atoms with van der Waals surface area (Å²) in [7, 11) is 0. The molecule has 0 fully saturated rings. The van der Waals surface area contributed by atoms with Gasteiger partial charge in [-0.1, -0.05) is 36.4 Å². The van der Waals surface area contributed by atoms with Gasteiger partial charge in [0.1, 0.15) is 0 Å². The predicted molar refractivity (Wildman–Crippen MR) is 76.1 cm³/mol. The van der Waals surface area contributed by atoms with Crippen LogP contribution >= 0.6 is 0 Å². The van der Waals surface area contributed by atoms with Crippen molar-refractivity contribution < 1.29 is 9.59 Å². The lowest BCUT2D eigenvalue weighted by Gasteiger charge is -2.21. The molecule has 20 heavy (non-hydrogen) atoms. The van der Waals surface area contributed by atoms with Crippen LogP contribution in [0.4, 0.5) is 0 Å². The monoisotopic (exact) mass is 264 g/mol. The van der Waals surface area contributed by atoms with Gasteiger partial charge in [-0.15, -0.1) is 0 Å². The molecule has 4 heteroatoms. The van der Waals surface area contributed by atoms with Gasteiger partial charge in [-0.2, -0.15) is 0 Å². The minimum Gasteiger partial charge on any atom is -0.366 e. The molecule has 0 aliphatic carbocycles. The maximum absolute atomic E-state index is 11.8. The van der Waals surface area contributed by atoms with Crippen molar-refractivity contribution in [2.24, 2.45) is 10.7 Å². The van der Waals surface area contributed by atoms with Crippen LogP contribution in [0.2, 0.25) is 0 Å². The number of nitrogens with zero attached hydrogens (tertiary/aromatic N) is 1. The Morgan fingerprint density at radius 2 is 1.65 bits per heavy atom. The van der Waals surface area contributed by atoms with Crippen molar-refractivity contribution in [2.45, 2.75) is 5.92 Å². The minimum absolute atomic E-state index is 0.229. The lowest BCUT2D eigenvalue weighted by Crippen LogP contribution is -2.20. The van der Waals surface area contributed by atoms with E-state index in [1.54, 1.807) is 30.5 Å². The second-order valence-electron chi connectivity index (χ2n) is 4.60. The van der Waals surface area contributed by atoms with Crippen molar-refractivity contribution in [1.29, 1.82) is 0 Å². The Labute approximate surface area is 116 Å². The number of carbonyl (C=O) groups is 2. The Balaban J connectivity index is 2.19. The summed E-state index contributed by atoms with van der Waals surface area (Å²) in [5.41, 5.74) is 8.05. The zero-order chi connectivity index (χ0) is 14.1. The Hall–Kier alpha value is -2.75. The molecule has 1 aliphatic rings. The molecule has 0 spiro atoms. The number of rotatable bonds is 2. The second kappa shape index (κ2) is 4.74. The first-order valence-corrected chi connectivity index (χ1v) is 6.24. The van der Waals surface area contributed by atoms with E-state index in [4.69, 9.17) is 5.73 Å². The van der Waals surface area contributed by atoms with E-state index in [-0.39, 0.29) is 11.8 Å². The molecular weight excluding hydrogens is 252 g/mol. The summed E-state index contributed by atoms with van der Waals surface area (Å²) in [5.74, 6) is -0.968. The van der Waals surface area contributed by atoms with E-state index in [1.807, 2.05) is 24.3 Å². The lowest BCUT2D eigenvalue weighted by molar-refractivity contribution is 0.0993. The van der Waals surface area contributed by atoms with Crippen LogP contribution in [0.1, 0.15) is 37.8 Å². The quantitative estimate of drug-likeness (QED) is 0.902. The molecule has 98 valence electrons. The van der Waals surface area contributed by atoms with Crippen LogP contribution in [0.3, 0.4) is 0 Å². The fourth-order valence-electron chi connectivity index (χ4n) is 2.50. The van der Waals surface area contributed by atoms with E-state index in [1.165, 1.54) is 0 Å². The van der Waals surface area contributed by atoms with E-state index >= 15 is 0 Å². The number of hydrogen-bond acceptors (Lipinski definition) is 2. The number of primary amides is 1. The Morgan fingerprint density at radius 1 is 1.00 bits per heavy atom. The average Bonchev–Trinajstić information content (AvgIpc) is 2.48. The largest absolute Gasteiger partial charge is 0.366 e. The van der Waals surface area contributed by atoms with Crippen LogP contribution in [-0.2, 0) is 0 Å². The first kappa shape index (κ1) is 12.3. The third-order valence-electron chi connectivity index (χ3n) is 3.43. The van der Waals surface area contributed by atoms with Gasteiger partial charge < -0.3 is 5.73 Å². The van der Waals surface area contributed by atoms with Crippen molar-refractivity contribution in [2.75, 3.05) is 0 Å². The Kier molecular flexibility index (Phi) is 2.91. The standard InChI is InChI=1S/C16H12N2O2/c17-15(19)12-7-3-1-5-10(12)14-9-18-16(20)13-8-4-2-6-11(13)14/h1-9,14H,(H2,17,19). The summed E-state index contributed by atoms with van der Waals surface area (Å²) >= 11 is 0. The summed E-state index contributed by atoms with van der Waals surface area (Å²) < 4.78 is 0. The smallest absolute Gasteiger partial charge is 0.276 e. The third kappa shape index (κ3) is 1.91. The van der Waals surface area contributed by atoms with Crippen LogP contribution in [0.5, 0.6) is 0 Å². The highest BCUT2D eigenvalue weighted by atomic mass is 16.1. The highest BCUT2D eigenvalue weighted by Crippen LogP contribution is 2.31. The summed E-state index contributed by atoms with van der Waals surface area (Å²) in [5, 5.41) is 0. The van der Waals surface area contributed by atoms with Gasteiger partial charge in [0.2, 0.25) is 5.91 Å². The van der Waals surface area contributed by atoms with E-state index in [0.717, 1.165) is 11.1 Å². The van der Waals surface area contributed by atoms with Crippen LogP contribution in [-0.4, -0.2) is 18.0 Å². The summed E-state index contributed by atoms with van der Waals surface area (Å²) in [4.78, 5) is 27.3. The molecule has 2 N–H and O–H groups in total. The van der Waals surface area contributed by atoms with Gasteiger partial charge in [0.25, 0.3) is 5.91 Å². The topological polar surface area (TPSA) is 72.5 Å². The van der Waals surface area contributed by atoms with Gasteiger partial charge in [-0.25, -0.2) is 4.99 Å². The van der Waals surface area contributed by atoms with E-state index < -0.39 is 5.91 Å². The zero-order valence-corrected chi connectivity index (χ0v) is 10.6. The van der Waals surface area contributed by atoms with Crippen molar-refractivity contribution >= 4 is 18.0 Å². The van der Waals surface area contributed by atoms with Gasteiger partial charge in [-0.05, 0) is 23.3 Å². The van der Waals surface area contributed by atoms with Gasteiger partial charge in [-0.3, -0.25) is 9.59 Å². The highest BCUT2D eigenvalue weighted by molar-refractivity contribution is 6.06. The number of fused-ring (bicyclic) bond motifs is 1. The lowest BCUT2D eigenvalue weighted by atomic mass is 9.84. The molecule has 1 aliphatic heterocycles. The van der Waals surface area contributed by atoms with Crippen molar-refractivity contribution in [3.05, 3.63) is 70.8 Å². The molecule has 1 unspecified atom stereocenters. The molecule has 1 heterocycles. The van der Waals surface area contributed by atoms with Crippen LogP contribution in [0, 0.1) is 0 Å². The average molecular weight is 264 g/mol. The summed E-state index contributed by atoms with van der Waals surface area (Å²) in [6, 6.07) is 14.4. The molecule has 0 saturated heterocycles. The number of hydrogen-bond donors (Lipinski definition) is 1. The Morgan fingerprint density at radius 3 is 2.40 bits per heavy atom. The predicted octanol–water partition coefficient (Wildman–Crippen LogP) is 2.14. The van der Waals surface area contributed by atoms with Gasteiger partial charge in [0.15, 0.2) is 0 Å². The number of nitrogens with two attached hydrogens (primary N) is 1. The fourth-order valence-corrected chi connectivity index (χ4v) is 2.50. The molecule has 3 rings (SSSR count). The molecule has 0 bridgehead atoms. The van der Waals surface area contributed by atoms with Gasteiger partial charge in [0, 0.05) is 23.3 Å². The summed E-state index contributed by atoms with van der Waals surface area (Å²) in [6.07, 6.45) is 1.58. The molecule has 0 aromatic heterocycles. The van der Waals surface area contributed by atoms with Crippen LogP contribution in [0.25, 0.3) is 0 Å². The normalized spacial score (nSPS) is 16.8. The number of amides is 2. The van der Waals surface area contributed by atoms with Crippen molar-refractivity contribution in [3.63, 3.8) is 0 Å². The van der Waals surface area contributed by atoms with E-state index in [2.05, 4.69) is 4.99 Å². The van der Waals surface area contributed by atoms with Crippen molar-refractivity contribution in [3.8, 4) is 0 Å². The SMILES string of the molecule is NC(=O)c1ccccc1C1C=NC(=O)c2ccccc21. The number of benzene rings is 2. The molecule has 0 saturated carbocycles. The number of carbonyl (C=O) groups excluding carboxylic acids is 2. The number of aliphatic imine (C=N–C) groups is 1. The molecule has 2 aromatic rings. The molecule has 1 atom stereocenters. The van der Waals surface area contributed by atoms with E-state index in [9.17, 15) is 9.59 Å². The minimum atomic E-state index is -0.483. The Bertz CT molecular complexity index is 735. The third-order valence-corrected chi connectivity index (χ3v) is 3.43. The highest BCUT2D eigenvalue weighted by Gasteiger charge is 2.25. The second-order valence-corrected chi connectivity index (χ2v) is 4.60. The maximum Gasteiger partial charge on any atom is 0.276 e. The molecule has 2 aromatic carbocycles. The first-order chi connectivity index (χ1) is 9.68. The van der Waals surface area contributed by atoms with Crippen LogP contribution in [0.15, 0.2) is 53.5 Å². The maximum atomic E-state index is 11.8. The van der Waals surface area contributed by atoms with E-state index in [0.29, 0.717) is 11.1 Å². The van der Waals surface area contributed by atoms with Gasteiger partial charge >= 0.3 is 0 Å². The summed E-state index contributed by atoms with van der Waals surface area (Å²) in [6.45, 7) is 0.